The van der Waals surface area contributed by atoms with Crippen molar-refractivity contribution in [3.63, 3.8) is 0 Å². The average Bonchev–Trinajstić information content (AvgIpc) is 2.88. The summed E-state index contributed by atoms with van der Waals surface area (Å²) in [5.74, 6) is -1.29. The molecule has 3 rings (SSSR count). The van der Waals surface area contributed by atoms with Crippen molar-refractivity contribution < 1.29 is 18.1 Å². The fraction of sp³-hybridized carbons (Fsp3) is 0.438. The Morgan fingerprint density at radius 2 is 1.70 bits per heavy atom. The molecular formula is C16H19BF2N2O2. The minimum atomic E-state index is -0.665. The Morgan fingerprint density at radius 3 is 2.26 bits per heavy atom. The lowest BCUT2D eigenvalue weighted by molar-refractivity contribution is 0.00578. The van der Waals surface area contributed by atoms with E-state index in [9.17, 15) is 8.78 Å². The smallest absolute Gasteiger partial charge is 0.399 e. The van der Waals surface area contributed by atoms with Gasteiger partial charge in [0, 0.05) is 30.3 Å². The van der Waals surface area contributed by atoms with Gasteiger partial charge in [0.05, 0.1) is 16.9 Å². The van der Waals surface area contributed by atoms with Gasteiger partial charge in [0.2, 0.25) is 0 Å². The molecular weight excluding hydrogens is 301 g/mol. The van der Waals surface area contributed by atoms with Crippen LogP contribution in [0.15, 0.2) is 24.4 Å². The van der Waals surface area contributed by atoms with E-state index in [4.69, 9.17) is 9.31 Å². The van der Waals surface area contributed by atoms with Crippen LogP contribution in [0.5, 0.6) is 0 Å². The van der Waals surface area contributed by atoms with E-state index >= 15 is 0 Å². The second-order valence-corrected chi connectivity index (χ2v) is 6.82. The SMILES string of the molecule is Cn1cc(B2OC(C)(C)C(C)(C)O2)c(-c2ccc(F)cc2F)n1. The van der Waals surface area contributed by atoms with E-state index in [0.29, 0.717) is 11.2 Å². The number of hydrogen-bond acceptors (Lipinski definition) is 3. The topological polar surface area (TPSA) is 36.3 Å². The van der Waals surface area contributed by atoms with Crippen LogP contribution in [0.4, 0.5) is 8.78 Å². The van der Waals surface area contributed by atoms with Gasteiger partial charge in [0.25, 0.3) is 0 Å². The first kappa shape index (κ1) is 16.1. The highest BCUT2D eigenvalue weighted by Gasteiger charge is 2.52. The van der Waals surface area contributed by atoms with Gasteiger partial charge in [-0.3, -0.25) is 4.68 Å². The van der Waals surface area contributed by atoms with Gasteiger partial charge in [0.15, 0.2) is 0 Å². The summed E-state index contributed by atoms with van der Waals surface area (Å²) in [6.45, 7) is 7.78. The first-order valence-corrected chi connectivity index (χ1v) is 7.45. The highest BCUT2D eigenvalue weighted by atomic mass is 19.1. The van der Waals surface area contributed by atoms with Gasteiger partial charge in [-0.05, 0) is 39.8 Å². The van der Waals surface area contributed by atoms with Crippen LogP contribution in [0, 0.1) is 11.6 Å². The molecule has 2 heterocycles. The maximum Gasteiger partial charge on any atom is 0.498 e. The van der Waals surface area contributed by atoms with Gasteiger partial charge in [-0.25, -0.2) is 8.78 Å². The third-order valence-electron chi connectivity index (χ3n) is 4.55. The van der Waals surface area contributed by atoms with Gasteiger partial charge in [0.1, 0.15) is 11.6 Å². The van der Waals surface area contributed by atoms with Crippen LogP contribution in [-0.4, -0.2) is 28.1 Å². The first-order chi connectivity index (χ1) is 10.6. The number of hydrogen-bond donors (Lipinski definition) is 0. The second-order valence-electron chi connectivity index (χ2n) is 6.82. The molecule has 1 aliphatic heterocycles. The molecule has 0 atom stereocenters. The number of rotatable bonds is 2. The molecule has 1 aromatic carbocycles. The van der Waals surface area contributed by atoms with Gasteiger partial charge < -0.3 is 9.31 Å². The Morgan fingerprint density at radius 1 is 1.09 bits per heavy atom. The molecule has 0 spiro atoms. The molecule has 0 bridgehead atoms. The summed E-state index contributed by atoms with van der Waals surface area (Å²) < 4.78 is 40.9. The van der Waals surface area contributed by atoms with E-state index in [1.165, 1.54) is 12.1 Å². The lowest BCUT2D eigenvalue weighted by Gasteiger charge is -2.32. The summed E-state index contributed by atoms with van der Waals surface area (Å²) in [4.78, 5) is 0. The average molecular weight is 320 g/mol. The Labute approximate surface area is 134 Å². The summed E-state index contributed by atoms with van der Waals surface area (Å²) in [5, 5.41) is 4.31. The third kappa shape index (κ3) is 2.68. The maximum atomic E-state index is 14.1. The molecule has 1 saturated heterocycles. The third-order valence-corrected chi connectivity index (χ3v) is 4.55. The van der Waals surface area contributed by atoms with Gasteiger partial charge >= 0.3 is 7.12 Å². The van der Waals surface area contributed by atoms with Crippen molar-refractivity contribution in [2.75, 3.05) is 0 Å². The fourth-order valence-corrected chi connectivity index (χ4v) is 2.54. The van der Waals surface area contributed by atoms with Crippen molar-refractivity contribution in [2.24, 2.45) is 7.05 Å². The quantitative estimate of drug-likeness (QED) is 0.798. The highest BCUT2D eigenvalue weighted by Crippen LogP contribution is 2.37. The summed E-state index contributed by atoms with van der Waals surface area (Å²) in [6.07, 6.45) is 1.74. The molecule has 1 aromatic heterocycles. The standard InChI is InChI=1S/C16H19BF2N2O2/c1-15(2)16(3,4)23-17(22-15)12-9-21(5)20-14(12)11-7-6-10(18)8-13(11)19/h6-9H,1-5H3. The van der Waals surface area contributed by atoms with E-state index in [-0.39, 0.29) is 5.56 Å². The summed E-state index contributed by atoms with van der Waals surface area (Å²) in [5.41, 5.74) is 0.218. The zero-order valence-electron chi connectivity index (χ0n) is 13.9. The van der Waals surface area contributed by atoms with E-state index in [1.54, 1.807) is 17.9 Å². The summed E-state index contributed by atoms with van der Waals surface area (Å²) >= 11 is 0. The van der Waals surface area contributed by atoms with E-state index < -0.39 is 30.0 Å². The van der Waals surface area contributed by atoms with E-state index in [1.807, 2.05) is 27.7 Å². The van der Waals surface area contributed by atoms with Crippen LogP contribution in [0.1, 0.15) is 27.7 Å². The Kier molecular flexibility index (Phi) is 3.61. The maximum absolute atomic E-state index is 14.1. The minimum Gasteiger partial charge on any atom is -0.399 e. The minimum absolute atomic E-state index is 0.219. The normalized spacial score (nSPS) is 19.3. The van der Waals surface area contributed by atoms with Crippen LogP contribution < -0.4 is 5.46 Å². The van der Waals surface area contributed by atoms with Gasteiger partial charge in [-0.1, -0.05) is 0 Å². The molecule has 0 unspecified atom stereocenters. The predicted molar refractivity (Wildman–Crippen MR) is 84.3 cm³/mol. The van der Waals surface area contributed by atoms with Crippen LogP contribution in [0.2, 0.25) is 0 Å². The number of benzene rings is 1. The van der Waals surface area contributed by atoms with Crippen molar-refractivity contribution in [1.82, 2.24) is 9.78 Å². The zero-order valence-corrected chi connectivity index (χ0v) is 13.9. The Bertz CT molecular complexity index is 743. The molecule has 0 aliphatic carbocycles. The van der Waals surface area contributed by atoms with Crippen molar-refractivity contribution in [1.29, 1.82) is 0 Å². The molecule has 0 N–H and O–H groups in total. The molecule has 2 aromatic rings. The van der Waals surface area contributed by atoms with Crippen molar-refractivity contribution >= 4 is 12.6 Å². The molecule has 7 heteroatoms. The lowest BCUT2D eigenvalue weighted by atomic mass is 9.78. The number of halogens is 2. The molecule has 0 radical (unpaired) electrons. The number of aromatic nitrogens is 2. The Hall–Kier alpha value is -1.73. The van der Waals surface area contributed by atoms with Gasteiger partial charge in [-0.2, -0.15) is 5.10 Å². The monoisotopic (exact) mass is 320 g/mol. The zero-order chi connectivity index (χ0) is 17.0. The van der Waals surface area contributed by atoms with Crippen molar-refractivity contribution in [2.45, 2.75) is 38.9 Å². The molecule has 4 nitrogen and oxygen atoms in total. The molecule has 1 aliphatic rings. The largest absolute Gasteiger partial charge is 0.498 e. The Balaban J connectivity index is 2.06. The molecule has 0 amide bonds. The second kappa shape index (κ2) is 5.14. The van der Waals surface area contributed by atoms with Crippen LogP contribution in [0.25, 0.3) is 11.3 Å². The first-order valence-electron chi connectivity index (χ1n) is 7.45. The van der Waals surface area contributed by atoms with Gasteiger partial charge in [-0.15, -0.1) is 0 Å². The lowest BCUT2D eigenvalue weighted by Crippen LogP contribution is -2.41. The van der Waals surface area contributed by atoms with Crippen LogP contribution >= 0.6 is 0 Å². The molecule has 0 saturated carbocycles. The number of aryl methyl sites for hydroxylation is 1. The van der Waals surface area contributed by atoms with Crippen LogP contribution in [0.3, 0.4) is 0 Å². The van der Waals surface area contributed by atoms with Crippen LogP contribution in [-0.2, 0) is 16.4 Å². The molecule has 1 fully saturated rings. The fourth-order valence-electron chi connectivity index (χ4n) is 2.54. The number of nitrogens with zero attached hydrogens (tertiary/aromatic N) is 2. The summed E-state index contributed by atoms with van der Waals surface area (Å²) in [6, 6.07) is 3.43. The highest BCUT2D eigenvalue weighted by molar-refractivity contribution is 6.63. The van der Waals surface area contributed by atoms with E-state index in [0.717, 1.165) is 6.07 Å². The van der Waals surface area contributed by atoms with Crippen molar-refractivity contribution in [3.05, 3.63) is 36.0 Å². The molecule has 122 valence electrons. The van der Waals surface area contributed by atoms with Crippen molar-refractivity contribution in [3.8, 4) is 11.3 Å². The predicted octanol–water partition coefficient (Wildman–Crippen LogP) is 2.66. The van der Waals surface area contributed by atoms with E-state index in [2.05, 4.69) is 5.10 Å². The summed E-state index contributed by atoms with van der Waals surface area (Å²) in [7, 11) is 1.08. The molecule has 23 heavy (non-hydrogen) atoms.